The van der Waals surface area contributed by atoms with E-state index in [9.17, 15) is 9.59 Å². The largest absolute Gasteiger partial charge is 0.491 e. The highest BCUT2D eigenvalue weighted by molar-refractivity contribution is 6.31. The SMILES string of the molecule is CCCOc1ccc(Cl)cc1NC(=O)N(C)CCC(=O)O. The summed E-state index contributed by atoms with van der Waals surface area (Å²) in [6, 6.07) is 4.54. The molecule has 0 heterocycles. The number of ether oxygens (including phenoxy) is 1. The Morgan fingerprint density at radius 3 is 2.76 bits per heavy atom. The van der Waals surface area contributed by atoms with Crippen LogP contribution >= 0.6 is 11.6 Å². The number of aliphatic carboxylic acids is 1. The molecule has 1 rings (SSSR count). The number of nitrogens with one attached hydrogen (secondary N) is 1. The van der Waals surface area contributed by atoms with Crippen molar-refractivity contribution in [1.82, 2.24) is 4.90 Å². The van der Waals surface area contributed by atoms with Crippen LogP contribution in [0.3, 0.4) is 0 Å². The highest BCUT2D eigenvalue weighted by Gasteiger charge is 2.13. The lowest BCUT2D eigenvalue weighted by Gasteiger charge is -2.18. The zero-order valence-electron chi connectivity index (χ0n) is 12.1. The number of urea groups is 1. The molecule has 21 heavy (non-hydrogen) atoms. The first-order valence-electron chi connectivity index (χ1n) is 6.60. The first-order chi connectivity index (χ1) is 9.93. The molecule has 0 atom stereocenters. The van der Waals surface area contributed by atoms with Crippen LogP contribution in [0.4, 0.5) is 10.5 Å². The maximum atomic E-state index is 12.0. The number of carboxylic acids is 1. The average Bonchev–Trinajstić information content (AvgIpc) is 2.43. The number of carbonyl (C=O) groups is 2. The minimum absolute atomic E-state index is 0.112. The fourth-order valence-electron chi connectivity index (χ4n) is 1.51. The van der Waals surface area contributed by atoms with Crippen molar-refractivity contribution in [2.24, 2.45) is 0 Å². The third-order valence-electron chi connectivity index (χ3n) is 2.65. The van der Waals surface area contributed by atoms with Gasteiger partial charge in [0.15, 0.2) is 0 Å². The highest BCUT2D eigenvalue weighted by atomic mass is 35.5. The van der Waals surface area contributed by atoms with Gasteiger partial charge in [0, 0.05) is 18.6 Å². The van der Waals surface area contributed by atoms with Gasteiger partial charge >= 0.3 is 12.0 Å². The number of carbonyl (C=O) groups excluding carboxylic acids is 1. The van der Waals surface area contributed by atoms with E-state index >= 15 is 0 Å². The van der Waals surface area contributed by atoms with Gasteiger partial charge in [-0.15, -0.1) is 0 Å². The lowest BCUT2D eigenvalue weighted by molar-refractivity contribution is -0.137. The van der Waals surface area contributed by atoms with E-state index < -0.39 is 12.0 Å². The van der Waals surface area contributed by atoms with E-state index in [0.717, 1.165) is 6.42 Å². The molecule has 0 aliphatic heterocycles. The first-order valence-corrected chi connectivity index (χ1v) is 6.98. The van der Waals surface area contributed by atoms with E-state index in [0.29, 0.717) is 23.1 Å². The van der Waals surface area contributed by atoms with Crippen molar-refractivity contribution >= 4 is 29.3 Å². The summed E-state index contributed by atoms with van der Waals surface area (Å²) in [4.78, 5) is 23.8. The van der Waals surface area contributed by atoms with Crippen molar-refractivity contribution in [2.45, 2.75) is 19.8 Å². The van der Waals surface area contributed by atoms with Crippen LogP contribution in [0.25, 0.3) is 0 Å². The molecule has 0 radical (unpaired) electrons. The van der Waals surface area contributed by atoms with E-state index in [1.54, 1.807) is 18.2 Å². The second kappa shape index (κ2) is 8.36. The Kier molecular flexibility index (Phi) is 6.81. The van der Waals surface area contributed by atoms with Gasteiger partial charge in [-0.25, -0.2) is 4.79 Å². The maximum Gasteiger partial charge on any atom is 0.321 e. The van der Waals surface area contributed by atoms with Crippen LogP contribution in [0.2, 0.25) is 5.02 Å². The van der Waals surface area contributed by atoms with Gasteiger partial charge in [-0.1, -0.05) is 18.5 Å². The smallest absolute Gasteiger partial charge is 0.321 e. The predicted octanol–water partition coefficient (Wildman–Crippen LogP) is 3.07. The molecule has 0 aliphatic rings. The molecule has 0 bridgehead atoms. The summed E-state index contributed by atoms with van der Waals surface area (Å²) in [6.07, 6.45) is 0.729. The number of amides is 2. The fourth-order valence-corrected chi connectivity index (χ4v) is 1.69. The second-order valence-electron chi connectivity index (χ2n) is 4.48. The monoisotopic (exact) mass is 314 g/mol. The number of halogens is 1. The minimum atomic E-state index is -0.954. The molecule has 0 fully saturated rings. The molecular weight excluding hydrogens is 296 g/mol. The number of anilines is 1. The summed E-state index contributed by atoms with van der Waals surface area (Å²) >= 11 is 5.92. The molecule has 0 saturated heterocycles. The molecule has 6 nitrogen and oxygen atoms in total. The zero-order valence-corrected chi connectivity index (χ0v) is 12.8. The van der Waals surface area contributed by atoms with E-state index in [1.165, 1.54) is 11.9 Å². The van der Waals surface area contributed by atoms with Crippen LogP contribution in [-0.4, -0.2) is 42.2 Å². The van der Waals surface area contributed by atoms with E-state index in [-0.39, 0.29) is 13.0 Å². The second-order valence-corrected chi connectivity index (χ2v) is 4.92. The standard InChI is InChI=1S/C14H19ClN2O4/c1-3-8-21-12-5-4-10(15)9-11(12)16-14(20)17(2)7-6-13(18)19/h4-5,9H,3,6-8H2,1-2H3,(H,16,20)(H,18,19). The molecule has 0 unspecified atom stereocenters. The minimum Gasteiger partial charge on any atom is -0.491 e. The Balaban J connectivity index is 2.73. The number of carboxylic acid groups (broad SMARTS) is 1. The van der Waals surface area contributed by atoms with Crippen molar-refractivity contribution in [1.29, 1.82) is 0 Å². The zero-order chi connectivity index (χ0) is 15.8. The third-order valence-corrected chi connectivity index (χ3v) is 2.89. The lowest BCUT2D eigenvalue weighted by atomic mass is 10.3. The highest BCUT2D eigenvalue weighted by Crippen LogP contribution is 2.28. The Labute approximate surface area is 128 Å². The van der Waals surface area contributed by atoms with Crippen molar-refractivity contribution in [3.05, 3.63) is 23.2 Å². The fraction of sp³-hybridized carbons (Fsp3) is 0.429. The summed E-state index contributed by atoms with van der Waals surface area (Å²) in [7, 11) is 1.52. The molecule has 2 N–H and O–H groups in total. The van der Waals surface area contributed by atoms with Gasteiger partial charge in [0.2, 0.25) is 0 Å². The molecule has 116 valence electrons. The predicted molar refractivity (Wildman–Crippen MR) is 81.1 cm³/mol. The average molecular weight is 315 g/mol. The molecular formula is C14H19ClN2O4. The van der Waals surface area contributed by atoms with Gasteiger partial charge in [-0.2, -0.15) is 0 Å². The van der Waals surface area contributed by atoms with E-state index in [4.69, 9.17) is 21.4 Å². The summed E-state index contributed by atoms with van der Waals surface area (Å²) in [5, 5.41) is 11.8. The van der Waals surface area contributed by atoms with Crippen LogP contribution in [0.5, 0.6) is 5.75 Å². The molecule has 0 aliphatic carbocycles. The van der Waals surface area contributed by atoms with Crippen molar-refractivity contribution in [3.8, 4) is 5.75 Å². The molecule has 0 aromatic heterocycles. The molecule has 0 spiro atoms. The van der Waals surface area contributed by atoms with Gasteiger partial charge in [0.05, 0.1) is 18.7 Å². The topological polar surface area (TPSA) is 78.9 Å². The molecule has 2 amide bonds. The van der Waals surface area contributed by atoms with Crippen molar-refractivity contribution in [3.63, 3.8) is 0 Å². The van der Waals surface area contributed by atoms with Gasteiger partial charge in [0.25, 0.3) is 0 Å². The number of hydrogen-bond donors (Lipinski definition) is 2. The first kappa shape index (κ1) is 17.1. The van der Waals surface area contributed by atoms with Crippen LogP contribution in [0.1, 0.15) is 19.8 Å². The van der Waals surface area contributed by atoms with Crippen LogP contribution in [0, 0.1) is 0 Å². The number of nitrogens with zero attached hydrogens (tertiary/aromatic N) is 1. The Hall–Kier alpha value is -1.95. The molecule has 1 aromatic rings. The normalized spacial score (nSPS) is 10.0. The lowest BCUT2D eigenvalue weighted by Crippen LogP contribution is -2.33. The number of benzene rings is 1. The quantitative estimate of drug-likeness (QED) is 0.810. The number of rotatable bonds is 7. The van der Waals surface area contributed by atoms with Crippen LogP contribution in [0.15, 0.2) is 18.2 Å². The summed E-state index contributed by atoms with van der Waals surface area (Å²) in [6.45, 7) is 2.63. The molecule has 7 heteroatoms. The van der Waals surface area contributed by atoms with Gasteiger partial charge < -0.3 is 20.1 Å². The number of hydrogen-bond acceptors (Lipinski definition) is 3. The van der Waals surface area contributed by atoms with E-state index in [2.05, 4.69) is 5.32 Å². The third kappa shape index (κ3) is 5.91. The van der Waals surface area contributed by atoms with Gasteiger partial charge in [-0.3, -0.25) is 4.79 Å². The molecule has 1 aromatic carbocycles. The summed E-state index contributed by atoms with van der Waals surface area (Å²) in [5.41, 5.74) is 0.461. The Morgan fingerprint density at radius 2 is 2.14 bits per heavy atom. The van der Waals surface area contributed by atoms with Crippen molar-refractivity contribution in [2.75, 3.05) is 25.5 Å². The Bertz CT molecular complexity index is 508. The van der Waals surface area contributed by atoms with E-state index in [1.807, 2.05) is 6.92 Å². The van der Waals surface area contributed by atoms with Crippen LogP contribution in [-0.2, 0) is 4.79 Å². The Morgan fingerprint density at radius 1 is 1.43 bits per heavy atom. The van der Waals surface area contributed by atoms with Crippen LogP contribution < -0.4 is 10.1 Å². The maximum absolute atomic E-state index is 12.0. The summed E-state index contributed by atoms with van der Waals surface area (Å²) < 4.78 is 5.53. The molecule has 0 saturated carbocycles. The van der Waals surface area contributed by atoms with Gasteiger partial charge in [0.1, 0.15) is 5.75 Å². The summed E-state index contributed by atoms with van der Waals surface area (Å²) in [5.74, 6) is -0.425. The van der Waals surface area contributed by atoms with Gasteiger partial charge in [-0.05, 0) is 24.6 Å². The van der Waals surface area contributed by atoms with Crippen molar-refractivity contribution < 1.29 is 19.4 Å².